The highest BCUT2D eigenvalue weighted by atomic mass is 79.9. The van der Waals surface area contributed by atoms with E-state index in [1.54, 1.807) is 35.8 Å². The lowest BCUT2D eigenvalue weighted by Gasteiger charge is -2.18. The molecule has 0 saturated heterocycles. The molecule has 0 aliphatic carbocycles. The van der Waals surface area contributed by atoms with Crippen LogP contribution in [0.3, 0.4) is 0 Å². The Balaban J connectivity index is 1.45. The molecule has 0 fully saturated rings. The molecule has 0 N–H and O–H groups in total. The van der Waals surface area contributed by atoms with Crippen LogP contribution in [0.5, 0.6) is 5.75 Å². The van der Waals surface area contributed by atoms with Gasteiger partial charge in [-0.2, -0.15) is 0 Å². The van der Waals surface area contributed by atoms with Crippen molar-refractivity contribution in [1.29, 1.82) is 0 Å². The van der Waals surface area contributed by atoms with Crippen molar-refractivity contribution in [3.63, 3.8) is 0 Å². The van der Waals surface area contributed by atoms with Gasteiger partial charge in [-0.15, -0.1) is 0 Å². The number of halogens is 1. The molecular formula is C28H26BrN2O6S-. The molecule has 10 heteroatoms. The normalized spacial score (nSPS) is 12.4. The van der Waals surface area contributed by atoms with Crippen molar-refractivity contribution in [3.05, 3.63) is 97.6 Å². The molecule has 3 aromatic carbocycles. The van der Waals surface area contributed by atoms with E-state index in [0.29, 0.717) is 31.2 Å². The molecule has 0 aliphatic heterocycles. The molecule has 1 heterocycles. The van der Waals surface area contributed by atoms with Crippen molar-refractivity contribution in [2.45, 2.75) is 26.0 Å². The first kappa shape index (κ1) is 27.6. The van der Waals surface area contributed by atoms with Crippen molar-refractivity contribution >= 4 is 49.2 Å². The van der Waals surface area contributed by atoms with Gasteiger partial charge in [0, 0.05) is 28.6 Å². The second kappa shape index (κ2) is 12.9. The van der Waals surface area contributed by atoms with Gasteiger partial charge in [0.15, 0.2) is 0 Å². The van der Waals surface area contributed by atoms with Crippen LogP contribution in [0.25, 0.3) is 10.2 Å². The first-order valence-corrected chi connectivity index (χ1v) is 13.6. The number of carbonyl (C=O) groups is 1. The van der Waals surface area contributed by atoms with Crippen LogP contribution in [0.4, 0.5) is 0 Å². The average molecular weight is 598 g/mol. The largest absolute Gasteiger partial charge is 0.547 e. The lowest BCUT2D eigenvalue weighted by atomic mass is 10.0. The SMILES string of the molecule is CCOC(Cc1ccc(OCCn2c(=O)sc3cc(/C(=N/OC)c4cccc(Br)c4)ccc32)cc1)C(=O)[O-]. The van der Waals surface area contributed by atoms with E-state index in [9.17, 15) is 14.7 Å². The summed E-state index contributed by atoms with van der Waals surface area (Å²) in [5, 5.41) is 15.4. The standard InChI is InChI=1S/C28H27BrN2O6S/c1-3-36-24(27(32)33)15-18-7-10-22(11-8-18)37-14-13-31-23-12-9-20(17-25(23)38-28(31)34)26(30-35-2)19-5-4-6-21(29)16-19/h4-12,16-17,24H,3,13-15H2,1-2H3,(H,32,33)/p-1/b30-26+. The number of carboxylic acids is 1. The van der Waals surface area contributed by atoms with Crippen molar-refractivity contribution in [2.24, 2.45) is 5.16 Å². The van der Waals surface area contributed by atoms with Crippen molar-refractivity contribution < 1.29 is 24.2 Å². The van der Waals surface area contributed by atoms with Gasteiger partial charge >= 0.3 is 4.87 Å². The number of aromatic nitrogens is 1. The van der Waals surface area contributed by atoms with Crippen LogP contribution in [-0.4, -0.2) is 42.7 Å². The van der Waals surface area contributed by atoms with Gasteiger partial charge in [0.2, 0.25) is 0 Å². The molecule has 0 bridgehead atoms. The van der Waals surface area contributed by atoms with E-state index in [0.717, 1.165) is 31.4 Å². The fourth-order valence-corrected chi connectivity index (χ4v) is 5.38. The summed E-state index contributed by atoms with van der Waals surface area (Å²) in [5.74, 6) is -0.609. The highest BCUT2D eigenvalue weighted by molar-refractivity contribution is 9.10. The molecular weight excluding hydrogens is 572 g/mol. The number of aliphatic carboxylic acids is 1. The molecule has 1 atom stereocenters. The first-order valence-electron chi connectivity index (χ1n) is 11.9. The minimum absolute atomic E-state index is 0.0759. The summed E-state index contributed by atoms with van der Waals surface area (Å²) in [7, 11) is 1.50. The topological polar surface area (TPSA) is 102 Å². The van der Waals surface area contributed by atoms with Crippen molar-refractivity contribution in [3.8, 4) is 5.75 Å². The number of nitrogens with zero attached hydrogens (tertiary/aromatic N) is 2. The van der Waals surface area contributed by atoms with Crippen LogP contribution < -0.4 is 14.7 Å². The van der Waals surface area contributed by atoms with Gasteiger partial charge in [-0.25, -0.2) is 0 Å². The maximum Gasteiger partial charge on any atom is 0.308 e. The summed E-state index contributed by atoms with van der Waals surface area (Å²) in [6, 6.07) is 20.7. The quantitative estimate of drug-likeness (QED) is 0.181. The van der Waals surface area contributed by atoms with E-state index in [4.69, 9.17) is 14.3 Å². The number of rotatable bonds is 12. The highest BCUT2D eigenvalue weighted by Gasteiger charge is 2.14. The third-order valence-corrected chi connectivity index (χ3v) is 7.22. The Morgan fingerprint density at radius 2 is 1.87 bits per heavy atom. The Morgan fingerprint density at radius 1 is 1.11 bits per heavy atom. The molecule has 0 amide bonds. The lowest BCUT2D eigenvalue weighted by molar-refractivity contribution is -0.316. The van der Waals surface area contributed by atoms with E-state index in [2.05, 4.69) is 21.1 Å². The highest BCUT2D eigenvalue weighted by Crippen LogP contribution is 2.23. The van der Waals surface area contributed by atoms with E-state index in [1.165, 1.54) is 18.4 Å². The van der Waals surface area contributed by atoms with Gasteiger partial charge in [-0.05, 0) is 48.9 Å². The number of thiazole rings is 1. The molecule has 1 aromatic heterocycles. The number of carbonyl (C=O) groups excluding carboxylic acids is 1. The maximum absolute atomic E-state index is 12.8. The average Bonchev–Trinajstić information content (AvgIpc) is 3.22. The van der Waals surface area contributed by atoms with Crippen LogP contribution in [0.2, 0.25) is 0 Å². The molecule has 1 unspecified atom stereocenters. The van der Waals surface area contributed by atoms with Gasteiger partial charge in [0.25, 0.3) is 0 Å². The summed E-state index contributed by atoms with van der Waals surface area (Å²) in [6.45, 7) is 2.71. The minimum Gasteiger partial charge on any atom is -0.547 e. The zero-order valence-corrected chi connectivity index (χ0v) is 23.3. The minimum atomic E-state index is -1.23. The molecule has 4 aromatic rings. The third-order valence-electron chi connectivity index (χ3n) is 5.78. The fraction of sp³-hybridized carbons (Fsp3) is 0.250. The first-order chi connectivity index (χ1) is 18.4. The molecule has 0 radical (unpaired) electrons. The molecule has 0 aliphatic rings. The van der Waals surface area contributed by atoms with Crippen molar-refractivity contribution in [2.75, 3.05) is 20.3 Å². The molecule has 38 heavy (non-hydrogen) atoms. The van der Waals surface area contributed by atoms with Gasteiger partial charge < -0.3 is 24.2 Å². The van der Waals surface area contributed by atoms with Gasteiger partial charge in [-0.1, -0.05) is 62.8 Å². The Bertz CT molecular complexity index is 1500. The number of ether oxygens (including phenoxy) is 2. The Kier molecular flexibility index (Phi) is 9.33. The van der Waals surface area contributed by atoms with Gasteiger partial charge in [-0.3, -0.25) is 9.36 Å². The second-order valence-corrected chi connectivity index (χ2v) is 10.2. The van der Waals surface area contributed by atoms with Crippen LogP contribution in [0.1, 0.15) is 23.6 Å². The third kappa shape index (κ3) is 6.69. The smallest absolute Gasteiger partial charge is 0.308 e. The number of fused-ring (bicyclic) bond motifs is 1. The number of oxime groups is 1. The molecule has 198 valence electrons. The fourth-order valence-electron chi connectivity index (χ4n) is 4.03. The van der Waals surface area contributed by atoms with Gasteiger partial charge in [0.1, 0.15) is 31.3 Å². The predicted octanol–water partition coefficient (Wildman–Crippen LogP) is 4.00. The summed E-state index contributed by atoms with van der Waals surface area (Å²) in [6.07, 6.45) is -0.773. The van der Waals surface area contributed by atoms with Crippen LogP contribution in [0.15, 0.2) is 81.2 Å². The zero-order chi connectivity index (χ0) is 27.1. The van der Waals surface area contributed by atoms with Gasteiger partial charge in [0.05, 0.1) is 22.7 Å². The van der Waals surface area contributed by atoms with E-state index in [1.807, 2.05) is 42.5 Å². The van der Waals surface area contributed by atoms with Crippen molar-refractivity contribution in [1.82, 2.24) is 4.57 Å². The molecule has 4 rings (SSSR count). The zero-order valence-electron chi connectivity index (χ0n) is 20.9. The van der Waals surface area contributed by atoms with Crippen LogP contribution in [-0.2, 0) is 27.3 Å². The molecule has 0 saturated carbocycles. The lowest BCUT2D eigenvalue weighted by Crippen LogP contribution is -2.39. The van der Waals surface area contributed by atoms with Crippen LogP contribution >= 0.6 is 27.3 Å². The predicted molar refractivity (Wildman–Crippen MR) is 149 cm³/mol. The number of carboxylic acid groups (broad SMARTS) is 1. The van der Waals surface area contributed by atoms with Crippen LogP contribution in [0, 0.1) is 0 Å². The Hall–Kier alpha value is -3.47. The number of hydrogen-bond donors (Lipinski definition) is 0. The van der Waals surface area contributed by atoms with E-state index < -0.39 is 12.1 Å². The van der Waals surface area contributed by atoms with E-state index in [-0.39, 0.29) is 11.3 Å². The monoisotopic (exact) mass is 597 g/mol. The summed E-state index contributed by atoms with van der Waals surface area (Å²) >= 11 is 4.66. The number of benzene rings is 3. The Morgan fingerprint density at radius 3 is 2.55 bits per heavy atom. The maximum atomic E-state index is 12.8. The Labute approximate surface area is 232 Å². The molecule has 8 nitrogen and oxygen atoms in total. The number of hydrogen-bond acceptors (Lipinski definition) is 8. The second-order valence-electron chi connectivity index (χ2n) is 8.29. The summed E-state index contributed by atoms with van der Waals surface area (Å²) in [5.41, 5.74) is 4.02. The summed E-state index contributed by atoms with van der Waals surface area (Å²) < 4.78 is 14.5. The molecule has 0 spiro atoms. The van der Waals surface area contributed by atoms with E-state index >= 15 is 0 Å². The summed E-state index contributed by atoms with van der Waals surface area (Å²) in [4.78, 5) is 29.0.